The van der Waals surface area contributed by atoms with Crippen LogP contribution in [0.15, 0.2) is 4.99 Å². The van der Waals surface area contributed by atoms with Gasteiger partial charge >= 0.3 is 0 Å². The van der Waals surface area contributed by atoms with Gasteiger partial charge in [-0.15, -0.1) is 24.0 Å². The minimum absolute atomic E-state index is 0. The zero-order chi connectivity index (χ0) is 18.8. The number of rotatable bonds is 9. The van der Waals surface area contributed by atoms with Crippen LogP contribution < -0.4 is 10.6 Å². The molecule has 2 N–H and O–H groups in total. The molecule has 2 rings (SSSR count). The second-order valence-corrected chi connectivity index (χ2v) is 8.23. The molecule has 1 aliphatic heterocycles. The quantitative estimate of drug-likeness (QED) is 0.292. The predicted octanol–water partition coefficient (Wildman–Crippen LogP) is 2.39. The molecule has 0 aromatic heterocycles. The summed E-state index contributed by atoms with van der Waals surface area (Å²) in [5.74, 6) is 1.62. The Hall–Kier alpha value is -0.120. The summed E-state index contributed by atoms with van der Waals surface area (Å²) in [6, 6.07) is 1.32. The molecule has 0 bridgehead atoms. The van der Waals surface area contributed by atoms with E-state index >= 15 is 0 Å². The lowest BCUT2D eigenvalue weighted by atomic mass is 10.0. The molecule has 1 atom stereocenters. The van der Waals surface area contributed by atoms with E-state index in [1.54, 1.807) is 0 Å². The van der Waals surface area contributed by atoms with Crippen LogP contribution >= 0.6 is 24.0 Å². The van der Waals surface area contributed by atoms with Crippen molar-refractivity contribution in [1.29, 1.82) is 0 Å². The molecule has 2 aliphatic rings. The van der Waals surface area contributed by atoms with E-state index in [1.807, 2.05) is 7.05 Å². The molecule has 27 heavy (non-hydrogen) atoms. The Kier molecular flexibility index (Phi) is 12.9. The SMILES string of the molecule is CN=C(NCCN(C)C1CCCC1)NCC(CC(C)C)N1CCOCC1.I. The molecular weight excluding hydrogens is 453 g/mol. The van der Waals surface area contributed by atoms with Gasteiger partial charge in [-0.25, -0.2) is 0 Å². The van der Waals surface area contributed by atoms with Crippen molar-refractivity contribution in [3.05, 3.63) is 0 Å². The molecule has 160 valence electrons. The lowest BCUT2D eigenvalue weighted by molar-refractivity contribution is 0.0132. The van der Waals surface area contributed by atoms with Gasteiger partial charge in [0, 0.05) is 51.9 Å². The standard InChI is InChI=1S/C20H41N5O.HI/c1-17(2)15-19(25-11-13-26-14-12-25)16-23-20(21-3)22-9-10-24(4)18-7-5-6-8-18;/h17-19H,5-16H2,1-4H3,(H2,21,22,23);1H. The molecule has 1 aliphatic carbocycles. The van der Waals surface area contributed by atoms with Gasteiger partial charge in [-0.05, 0) is 32.2 Å². The monoisotopic (exact) mass is 495 g/mol. The van der Waals surface area contributed by atoms with Gasteiger partial charge < -0.3 is 20.3 Å². The van der Waals surface area contributed by atoms with Gasteiger partial charge in [0.2, 0.25) is 0 Å². The van der Waals surface area contributed by atoms with E-state index in [0.717, 1.165) is 57.9 Å². The smallest absolute Gasteiger partial charge is 0.191 e. The molecule has 0 aromatic rings. The first-order valence-electron chi connectivity index (χ1n) is 10.6. The van der Waals surface area contributed by atoms with Crippen LogP contribution in [0.2, 0.25) is 0 Å². The van der Waals surface area contributed by atoms with Crippen LogP contribution in [-0.4, -0.2) is 87.9 Å². The summed E-state index contributed by atoms with van der Waals surface area (Å²) in [7, 11) is 4.12. The molecule has 1 saturated carbocycles. The molecule has 0 spiro atoms. The van der Waals surface area contributed by atoms with E-state index in [-0.39, 0.29) is 24.0 Å². The van der Waals surface area contributed by atoms with E-state index in [2.05, 4.69) is 46.3 Å². The van der Waals surface area contributed by atoms with Crippen molar-refractivity contribution in [2.45, 2.75) is 58.0 Å². The average Bonchev–Trinajstić information content (AvgIpc) is 3.18. The molecule has 1 heterocycles. The fourth-order valence-corrected chi connectivity index (χ4v) is 4.16. The maximum Gasteiger partial charge on any atom is 0.191 e. The third-order valence-corrected chi connectivity index (χ3v) is 5.74. The molecule has 0 aromatic carbocycles. The van der Waals surface area contributed by atoms with Gasteiger partial charge in [-0.1, -0.05) is 26.7 Å². The summed E-state index contributed by atoms with van der Waals surface area (Å²) in [5, 5.41) is 7.04. The normalized spacial score (nSPS) is 20.7. The zero-order valence-corrected chi connectivity index (χ0v) is 20.2. The highest BCUT2D eigenvalue weighted by Gasteiger charge is 2.22. The molecule has 0 radical (unpaired) electrons. The summed E-state index contributed by atoms with van der Waals surface area (Å²) in [6.45, 7) is 11.4. The van der Waals surface area contributed by atoms with Gasteiger partial charge in [-0.2, -0.15) is 0 Å². The second kappa shape index (κ2) is 14.0. The minimum Gasteiger partial charge on any atom is -0.379 e. The number of guanidine groups is 1. The van der Waals surface area contributed by atoms with Crippen LogP contribution in [0.4, 0.5) is 0 Å². The molecule has 1 unspecified atom stereocenters. The van der Waals surface area contributed by atoms with Crippen LogP contribution in [0.25, 0.3) is 0 Å². The van der Waals surface area contributed by atoms with Crippen molar-refractivity contribution in [3.8, 4) is 0 Å². The van der Waals surface area contributed by atoms with Crippen molar-refractivity contribution < 1.29 is 4.74 Å². The zero-order valence-electron chi connectivity index (χ0n) is 17.9. The van der Waals surface area contributed by atoms with Gasteiger partial charge in [-0.3, -0.25) is 9.89 Å². The summed E-state index contributed by atoms with van der Waals surface area (Å²) in [4.78, 5) is 9.48. The molecular formula is C20H42IN5O. The summed E-state index contributed by atoms with van der Waals surface area (Å²) >= 11 is 0. The average molecular weight is 495 g/mol. The largest absolute Gasteiger partial charge is 0.379 e. The van der Waals surface area contributed by atoms with Crippen molar-refractivity contribution in [3.63, 3.8) is 0 Å². The van der Waals surface area contributed by atoms with E-state index in [9.17, 15) is 0 Å². The van der Waals surface area contributed by atoms with Crippen LogP contribution in [0.3, 0.4) is 0 Å². The first kappa shape index (κ1) is 24.9. The number of aliphatic imine (C=N–C) groups is 1. The van der Waals surface area contributed by atoms with E-state index in [0.29, 0.717) is 12.0 Å². The molecule has 0 amide bonds. The number of morpholine rings is 1. The predicted molar refractivity (Wildman–Crippen MR) is 125 cm³/mol. The third-order valence-electron chi connectivity index (χ3n) is 5.74. The van der Waals surface area contributed by atoms with Crippen LogP contribution in [0.5, 0.6) is 0 Å². The van der Waals surface area contributed by atoms with Crippen LogP contribution in [0.1, 0.15) is 46.0 Å². The van der Waals surface area contributed by atoms with Gasteiger partial charge in [0.15, 0.2) is 5.96 Å². The third kappa shape index (κ3) is 9.28. The van der Waals surface area contributed by atoms with E-state index in [4.69, 9.17) is 4.74 Å². The first-order valence-corrected chi connectivity index (χ1v) is 10.6. The Morgan fingerprint density at radius 2 is 1.85 bits per heavy atom. The van der Waals surface area contributed by atoms with Gasteiger partial charge in [0.1, 0.15) is 0 Å². The second-order valence-electron chi connectivity index (χ2n) is 8.23. The van der Waals surface area contributed by atoms with Crippen molar-refractivity contribution in [2.75, 3.05) is 60.0 Å². The molecule has 2 fully saturated rings. The fraction of sp³-hybridized carbons (Fsp3) is 0.950. The molecule has 6 nitrogen and oxygen atoms in total. The highest BCUT2D eigenvalue weighted by Crippen LogP contribution is 2.21. The molecule has 7 heteroatoms. The summed E-state index contributed by atoms with van der Waals surface area (Å²) in [6.07, 6.45) is 6.71. The van der Waals surface area contributed by atoms with Gasteiger partial charge in [0.25, 0.3) is 0 Å². The fourth-order valence-electron chi connectivity index (χ4n) is 4.16. The van der Waals surface area contributed by atoms with Crippen LogP contribution in [-0.2, 0) is 4.74 Å². The number of nitrogens with zero attached hydrogens (tertiary/aromatic N) is 3. The first-order chi connectivity index (χ1) is 12.6. The Morgan fingerprint density at radius 1 is 1.19 bits per heavy atom. The number of nitrogens with one attached hydrogen (secondary N) is 2. The number of hydrogen-bond donors (Lipinski definition) is 2. The number of halogens is 1. The van der Waals surface area contributed by atoms with Crippen molar-refractivity contribution in [1.82, 2.24) is 20.4 Å². The van der Waals surface area contributed by atoms with Crippen LogP contribution in [0, 0.1) is 5.92 Å². The number of ether oxygens (including phenoxy) is 1. The van der Waals surface area contributed by atoms with Crippen molar-refractivity contribution >= 4 is 29.9 Å². The topological polar surface area (TPSA) is 52.1 Å². The Balaban J connectivity index is 0.00000364. The Morgan fingerprint density at radius 3 is 2.44 bits per heavy atom. The number of hydrogen-bond acceptors (Lipinski definition) is 4. The van der Waals surface area contributed by atoms with E-state index < -0.39 is 0 Å². The Labute approximate surface area is 183 Å². The highest BCUT2D eigenvalue weighted by molar-refractivity contribution is 14.0. The lowest BCUT2D eigenvalue weighted by Gasteiger charge is -2.35. The minimum atomic E-state index is 0. The van der Waals surface area contributed by atoms with Gasteiger partial charge in [0.05, 0.1) is 13.2 Å². The lowest BCUT2D eigenvalue weighted by Crippen LogP contribution is -2.51. The molecule has 1 saturated heterocycles. The van der Waals surface area contributed by atoms with Crippen molar-refractivity contribution in [2.24, 2.45) is 10.9 Å². The maximum atomic E-state index is 5.52. The maximum absolute atomic E-state index is 5.52. The summed E-state index contributed by atoms with van der Waals surface area (Å²) < 4.78 is 5.52. The summed E-state index contributed by atoms with van der Waals surface area (Å²) in [5.41, 5.74) is 0. The Bertz CT molecular complexity index is 409. The number of likely N-dealkylation sites (N-methyl/N-ethyl adjacent to an activating group) is 1. The van der Waals surface area contributed by atoms with E-state index in [1.165, 1.54) is 32.1 Å². The highest BCUT2D eigenvalue weighted by atomic mass is 127.